The van der Waals surface area contributed by atoms with Gasteiger partial charge in [-0.1, -0.05) is 6.92 Å². The van der Waals surface area contributed by atoms with Crippen LogP contribution in [0.25, 0.3) is 0 Å². The van der Waals surface area contributed by atoms with Gasteiger partial charge in [0, 0.05) is 30.9 Å². The Labute approximate surface area is 162 Å². The van der Waals surface area contributed by atoms with Gasteiger partial charge < -0.3 is 15.1 Å². The largest absolute Gasteiger partial charge is 0.426 e. The highest BCUT2D eigenvalue weighted by Gasteiger charge is 2.57. The van der Waals surface area contributed by atoms with Gasteiger partial charge in [-0.3, -0.25) is 9.48 Å². The number of nitrogens with zero attached hydrogens (tertiary/aromatic N) is 3. The number of carbonyl (C=O) groups is 1. The molecule has 1 saturated heterocycles. The second-order valence-corrected chi connectivity index (χ2v) is 8.36. The molecule has 2 N–H and O–H groups in total. The molecule has 0 bridgehead atoms. The maximum Gasteiger partial charge on any atom is 0.426 e. The molecule has 1 aliphatic heterocycles. The van der Waals surface area contributed by atoms with Gasteiger partial charge in [-0.2, -0.15) is 18.3 Å². The van der Waals surface area contributed by atoms with E-state index < -0.39 is 17.7 Å². The molecule has 0 spiro atoms. The van der Waals surface area contributed by atoms with Crippen molar-refractivity contribution in [2.24, 2.45) is 5.92 Å². The van der Waals surface area contributed by atoms with Crippen molar-refractivity contribution in [3.8, 4) is 0 Å². The van der Waals surface area contributed by atoms with Crippen LogP contribution >= 0.6 is 0 Å². The van der Waals surface area contributed by atoms with Crippen LogP contribution in [0.4, 0.5) is 13.2 Å². The number of hydrogen-bond donors (Lipinski definition) is 2. The number of amides is 1. The van der Waals surface area contributed by atoms with E-state index in [-0.39, 0.29) is 37.1 Å². The lowest BCUT2D eigenvalue weighted by Crippen LogP contribution is -2.58. The lowest BCUT2D eigenvalue weighted by molar-refractivity contribution is -0.250. The topological polar surface area (TPSA) is 78.6 Å². The Hall–Kier alpha value is -1.61. The zero-order valence-corrected chi connectivity index (χ0v) is 16.2. The van der Waals surface area contributed by atoms with E-state index in [0.29, 0.717) is 13.3 Å². The number of halogens is 3. The summed E-state index contributed by atoms with van der Waals surface area (Å²) in [4.78, 5) is 13.4. The molecule has 1 aliphatic carbocycles. The molecule has 0 aromatic carbocycles. The Morgan fingerprint density at radius 2 is 1.86 bits per heavy atom. The molecular weight excluding hydrogens is 375 g/mol. The smallest absolute Gasteiger partial charge is 0.393 e. The first-order chi connectivity index (χ1) is 13.0. The van der Waals surface area contributed by atoms with Crippen LogP contribution in [0, 0.1) is 5.92 Å². The van der Waals surface area contributed by atoms with Crippen LogP contribution in [0.1, 0.15) is 63.6 Å². The molecule has 1 unspecified atom stereocenters. The molecular formula is C19H28F3N3O3. The minimum Gasteiger partial charge on any atom is -0.393 e. The van der Waals surface area contributed by atoms with Crippen molar-refractivity contribution < 1.29 is 28.2 Å². The Kier molecular flexibility index (Phi) is 5.78. The van der Waals surface area contributed by atoms with Gasteiger partial charge >= 0.3 is 6.18 Å². The van der Waals surface area contributed by atoms with Gasteiger partial charge in [-0.25, -0.2) is 0 Å². The number of alkyl halides is 3. The van der Waals surface area contributed by atoms with E-state index >= 15 is 0 Å². The Bertz CT molecular complexity index is 696. The van der Waals surface area contributed by atoms with Crippen molar-refractivity contribution in [1.82, 2.24) is 14.7 Å². The first-order valence-corrected chi connectivity index (χ1v) is 9.82. The Morgan fingerprint density at radius 3 is 2.43 bits per heavy atom. The lowest BCUT2D eigenvalue weighted by atomic mass is 9.83. The Morgan fingerprint density at radius 1 is 1.21 bits per heavy atom. The zero-order valence-electron chi connectivity index (χ0n) is 16.2. The molecule has 0 radical (unpaired) electrons. The van der Waals surface area contributed by atoms with Gasteiger partial charge in [0.1, 0.15) is 0 Å². The quantitative estimate of drug-likeness (QED) is 0.813. The molecule has 28 heavy (non-hydrogen) atoms. The van der Waals surface area contributed by atoms with Gasteiger partial charge in [-0.05, 0) is 51.0 Å². The number of aliphatic hydroxyl groups is 2. The van der Waals surface area contributed by atoms with E-state index in [9.17, 15) is 28.2 Å². The van der Waals surface area contributed by atoms with Crippen molar-refractivity contribution in [3.63, 3.8) is 0 Å². The second-order valence-electron chi connectivity index (χ2n) is 8.36. The predicted molar refractivity (Wildman–Crippen MR) is 95.5 cm³/mol. The van der Waals surface area contributed by atoms with Crippen LogP contribution in [0.5, 0.6) is 0 Å². The van der Waals surface area contributed by atoms with Crippen molar-refractivity contribution in [2.45, 2.75) is 75.8 Å². The number of aromatic nitrogens is 2. The number of piperidine rings is 1. The predicted octanol–water partition coefficient (Wildman–Crippen LogP) is 2.62. The summed E-state index contributed by atoms with van der Waals surface area (Å²) in [5.74, 6) is -1.28. The van der Waals surface area contributed by atoms with Crippen molar-refractivity contribution in [3.05, 3.63) is 18.0 Å². The average molecular weight is 403 g/mol. The van der Waals surface area contributed by atoms with Crippen LogP contribution in [0.3, 0.4) is 0 Å². The molecule has 3 atom stereocenters. The van der Waals surface area contributed by atoms with Gasteiger partial charge in [0.2, 0.25) is 5.60 Å². The van der Waals surface area contributed by atoms with Crippen LogP contribution < -0.4 is 0 Å². The van der Waals surface area contributed by atoms with Gasteiger partial charge in [0.25, 0.3) is 5.91 Å². The minimum atomic E-state index is -5.01. The van der Waals surface area contributed by atoms with Crippen LogP contribution in [0.2, 0.25) is 0 Å². The third-order valence-electron chi connectivity index (χ3n) is 6.25. The van der Waals surface area contributed by atoms with Crippen molar-refractivity contribution >= 4 is 5.91 Å². The van der Waals surface area contributed by atoms with E-state index in [4.69, 9.17) is 0 Å². The summed E-state index contributed by atoms with van der Waals surface area (Å²) in [5, 5.41) is 23.9. The summed E-state index contributed by atoms with van der Waals surface area (Å²) >= 11 is 0. The fourth-order valence-electron chi connectivity index (χ4n) is 4.42. The number of hydrogen-bond acceptors (Lipinski definition) is 4. The van der Waals surface area contributed by atoms with E-state index in [1.54, 1.807) is 6.20 Å². The molecule has 1 amide bonds. The number of rotatable bonds is 3. The first-order valence-electron chi connectivity index (χ1n) is 9.82. The number of aliphatic hydroxyl groups excluding tert-OH is 1. The fraction of sp³-hybridized carbons (Fsp3) is 0.789. The minimum absolute atomic E-state index is 0.0636. The first kappa shape index (κ1) is 21.1. The SMILES string of the molecule is C[C@@H]1CN(C(=O)C(C)(O)C(F)(F)F)CC[C@@H]1c1ccnn1C1CCC(O)CC1. The highest BCUT2D eigenvalue weighted by molar-refractivity contribution is 5.85. The molecule has 2 fully saturated rings. The average Bonchev–Trinajstić information content (AvgIpc) is 3.10. The van der Waals surface area contributed by atoms with Gasteiger partial charge in [0.05, 0.1) is 12.1 Å². The maximum absolute atomic E-state index is 13.0. The second kappa shape index (κ2) is 7.67. The van der Waals surface area contributed by atoms with E-state index in [1.807, 2.05) is 17.7 Å². The molecule has 2 aliphatic rings. The summed E-state index contributed by atoms with van der Waals surface area (Å²) < 4.78 is 41.0. The molecule has 158 valence electrons. The number of carbonyl (C=O) groups excluding carboxylic acids is 1. The van der Waals surface area contributed by atoms with Crippen molar-refractivity contribution in [2.75, 3.05) is 13.1 Å². The zero-order chi connectivity index (χ0) is 20.7. The molecule has 1 aromatic heterocycles. The lowest BCUT2D eigenvalue weighted by Gasteiger charge is -2.40. The highest BCUT2D eigenvalue weighted by Crippen LogP contribution is 2.38. The molecule has 1 aromatic rings. The molecule has 3 rings (SSSR count). The summed E-state index contributed by atoms with van der Waals surface area (Å²) in [7, 11) is 0. The normalized spacial score (nSPS) is 31.5. The monoisotopic (exact) mass is 403 g/mol. The third kappa shape index (κ3) is 3.91. The highest BCUT2D eigenvalue weighted by atomic mass is 19.4. The summed E-state index contributed by atoms with van der Waals surface area (Å²) in [5.41, 5.74) is -2.34. The molecule has 2 heterocycles. The molecule has 9 heteroatoms. The van der Waals surface area contributed by atoms with Crippen molar-refractivity contribution in [1.29, 1.82) is 0 Å². The summed E-state index contributed by atoms with van der Waals surface area (Å²) in [6, 6.07) is 2.15. The van der Waals surface area contributed by atoms with Crippen LogP contribution in [-0.2, 0) is 4.79 Å². The summed E-state index contributed by atoms with van der Waals surface area (Å²) in [6.45, 7) is 2.74. The van der Waals surface area contributed by atoms with Crippen LogP contribution in [0.15, 0.2) is 12.3 Å². The summed E-state index contributed by atoms with van der Waals surface area (Å²) in [6.07, 6.45) is 0.143. The van der Waals surface area contributed by atoms with Gasteiger partial charge in [-0.15, -0.1) is 0 Å². The third-order valence-corrected chi connectivity index (χ3v) is 6.25. The standard InChI is InChI=1S/C19H28F3N3O3/c1-12-11-24(17(27)18(2,28)19(20,21)22)10-8-15(12)16-7-9-23-25(16)13-3-5-14(26)6-4-13/h7,9,12-15,26,28H,3-6,8,10-11H2,1-2H3/t12-,13?,14?,15+,18?/m1/s1. The molecule has 1 saturated carbocycles. The van der Waals surface area contributed by atoms with E-state index in [0.717, 1.165) is 36.3 Å². The fourth-order valence-corrected chi connectivity index (χ4v) is 4.42. The maximum atomic E-state index is 13.0. The van der Waals surface area contributed by atoms with E-state index in [2.05, 4.69) is 5.10 Å². The number of likely N-dealkylation sites (tertiary alicyclic amines) is 1. The van der Waals surface area contributed by atoms with Crippen LogP contribution in [-0.4, -0.2) is 61.8 Å². The van der Waals surface area contributed by atoms with E-state index in [1.165, 1.54) is 0 Å². The Balaban J connectivity index is 1.70. The van der Waals surface area contributed by atoms with Gasteiger partial charge in [0.15, 0.2) is 0 Å². The molecule has 6 nitrogen and oxygen atoms in total.